The highest BCUT2D eigenvalue weighted by molar-refractivity contribution is 7.92. The third kappa shape index (κ3) is 8.82. The van der Waals surface area contributed by atoms with E-state index in [4.69, 9.17) is 0 Å². The number of nitrogens with one attached hydrogen (secondary N) is 1. The topological polar surface area (TPSA) is 86.8 Å². The zero-order chi connectivity index (χ0) is 31.2. The minimum absolute atomic E-state index is 0.00368. The van der Waals surface area contributed by atoms with Gasteiger partial charge in [0.25, 0.3) is 0 Å². The molecule has 11 heteroatoms. The van der Waals surface area contributed by atoms with E-state index in [1.165, 1.54) is 11.0 Å². The van der Waals surface area contributed by atoms with Crippen LogP contribution in [0.1, 0.15) is 47.9 Å². The predicted molar refractivity (Wildman–Crippen MR) is 160 cm³/mol. The van der Waals surface area contributed by atoms with Crippen LogP contribution in [0.3, 0.4) is 0 Å². The molecule has 43 heavy (non-hydrogen) atoms. The monoisotopic (exact) mass is 615 g/mol. The molecule has 1 unspecified atom stereocenters. The number of halogens is 3. The zero-order valence-electron chi connectivity index (χ0n) is 24.2. The maximum atomic E-state index is 14.1. The first-order valence-electron chi connectivity index (χ1n) is 14.2. The smallest absolute Gasteiger partial charge is 0.352 e. The van der Waals surface area contributed by atoms with Crippen molar-refractivity contribution in [3.63, 3.8) is 0 Å². The molecule has 1 aliphatic rings. The first kappa shape index (κ1) is 32.1. The normalized spacial score (nSPS) is 14.7. The fourth-order valence-corrected chi connectivity index (χ4v) is 6.22. The molecule has 230 valence electrons. The van der Waals surface area contributed by atoms with E-state index in [0.717, 1.165) is 60.8 Å². The van der Waals surface area contributed by atoms with Gasteiger partial charge in [0, 0.05) is 19.0 Å². The number of sulfonamides is 1. The van der Waals surface area contributed by atoms with Crippen molar-refractivity contribution in [2.24, 2.45) is 0 Å². The Labute approximate surface area is 250 Å². The van der Waals surface area contributed by atoms with Gasteiger partial charge in [-0.25, -0.2) is 8.42 Å². The highest BCUT2D eigenvalue weighted by atomic mass is 32.2. The zero-order valence-corrected chi connectivity index (χ0v) is 25.0. The number of hydrogen-bond acceptors (Lipinski definition) is 4. The molecule has 3 aromatic carbocycles. The number of aryl methyl sites for hydroxylation is 1. The molecule has 1 fully saturated rings. The van der Waals surface area contributed by atoms with Crippen molar-refractivity contribution in [1.82, 2.24) is 10.2 Å². The lowest BCUT2D eigenvalue weighted by Crippen LogP contribution is -2.54. The molecule has 0 aromatic heterocycles. The Balaban J connectivity index is 1.74. The lowest BCUT2D eigenvalue weighted by molar-refractivity contribution is -0.140. The molecule has 0 radical (unpaired) electrons. The summed E-state index contributed by atoms with van der Waals surface area (Å²) in [4.78, 5) is 29.3. The Morgan fingerprint density at radius 2 is 1.58 bits per heavy atom. The van der Waals surface area contributed by atoms with Crippen LogP contribution < -0.4 is 9.62 Å². The van der Waals surface area contributed by atoms with Gasteiger partial charge in [-0.1, -0.05) is 79.1 Å². The van der Waals surface area contributed by atoms with Crippen molar-refractivity contribution in [2.75, 3.05) is 17.1 Å². The van der Waals surface area contributed by atoms with E-state index >= 15 is 0 Å². The number of anilines is 1. The van der Waals surface area contributed by atoms with Crippen molar-refractivity contribution in [1.29, 1.82) is 0 Å². The van der Waals surface area contributed by atoms with Gasteiger partial charge in [0.05, 0.1) is 17.5 Å². The number of carbonyl (C=O) groups is 2. The number of benzene rings is 3. The third-order valence-electron chi connectivity index (χ3n) is 7.55. The van der Waals surface area contributed by atoms with Crippen molar-refractivity contribution >= 4 is 27.5 Å². The molecule has 0 aliphatic heterocycles. The average molecular weight is 616 g/mol. The molecule has 1 atom stereocenters. The minimum atomic E-state index is -4.71. The van der Waals surface area contributed by atoms with Crippen molar-refractivity contribution in [3.05, 3.63) is 101 Å². The van der Waals surface area contributed by atoms with Gasteiger partial charge < -0.3 is 10.2 Å². The summed E-state index contributed by atoms with van der Waals surface area (Å²) in [7, 11) is -4.19. The summed E-state index contributed by atoms with van der Waals surface area (Å²) in [6, 6.07) is 19.4. The summed E-state index contributed by atoms with van der Waals surface area (Å²) >= 11 is 0. The molecule has 1 saturated carbocycles. The second-order valence-corrected chi connectivity index (χ2v) is 12.9. The van der Waals surface area contributed by atoms with Crippen LogP contribution in [0.25, 0.3) is 0 Å². The number of carbonyl (C=O) groups excluding carboxylic acids is 2. The number of amides is 2. The van der Waals surface area contributed by atoms with E-state index in [-0.39, 0.29) is 30.6 Å². The van der Waals surface area contributed by atoms with Crippen LogP contribution in [-0.4, -0.2) is 50.0 Å². The molecule has 4 rings (SSSR count). The Morgan fingerprint density at radius 1 is 0.930 bits per heavy atom. The maximum Gasteiger partial charge on any atom is 0.416 e. The lowest BCUT2D eigenvalue weighted by atomic mass is 10.0. The van der Waals surface area contributed by atoms with Gasteiger partial charge in [0.1, 0.15) is 12.6 Å². The van der Waals surface area contributed by atoms with Crippen LogP contribution in [0, 0.1) is 6.92 Å². The molecular weight excluding hydrogens is 579 g/mol. The number of rotatable bonds is 11. The highest BCUT2D eigenvalue weighted by Gasteiger charge is 2.35. The van der Waals surface area contributed by atoms with Crippen LogP contribution in [0.4, 0.5) is 18.9 Å². The molecule has 2 amide bonds. The largest absolute Gasteiger partial charge is 0.416 e. The lowest BCUT2D eigenvalue weighted by Gasteiger charge is -2.34. The van der Waals surface area contributed by atoms with Gasteiger partial charge in [-0.2, -0.15) is 13.2 Å². The second-order valence-electron chi connectivity index (χ2n) is 11.0. The number of hydrogen-bond donors (Lipinski definition) is 1. The third-order valence-corrected chi connectivity index (χ3v) is 8.69. The van der Waals surface area contributed by atoms with E-state index in [0.29, 0.717) is 10.4 Å². The highest BCUT2D eigenvalue weighted by Crippen LogP contribution is 2.32. The van der Waals surface area contributed by atoms with E-state index in [2.05, 4.69) is 5.32 Å². The van der Waals surface area contributed by atoms with Crippen LogP contribution in [0.5, 0.6) is 0 Å². The Hall–Kier alpha value is -3.86. The first-order chi connectivity index (χ1) is 20.3. The first-order valence-corrected chi connectivity index (χ1v) is 16.0. The van der Waals surface area contributed by atoms with Gasteiger partial charge in [-0.3, -0.25) is 13.9 Å². The molecule has 1 N–H and O–H groups in total. The number of alkyl halides is 3. The van der Waals surface area contributed by atoms with E-state index in [1.807, 2.05) is 61.5 Å². The van der Waals surface area contributed by atoms with Gasteiger partial charge in [0.15, 0.2) is 0 Å². The summed E-state index contributed by atoms with van der Waals surface area (Å²) in [5.41, 5.74) is 1.12. The van der Waals surface area contributed by atoms with Crippen LogP contribution >= 0.6 is 0 Å². The molecule has 0 saturated heterocycles. The summed E-state index contributed by atoms with van der Waals surface area (Å²) in [5, 5.41) is 3.08. The molecule has 0 heterocycles. The molecule has 0 spiro atoms. The fraction of sp³-hybridized carbons (Fsp3) is 0.375. The maximum absolute atomic E-state index is 14.1. The van der Waals surface area contributed by atoms with Crippen molar-refractivity contribution in [3.8, 4) is 0 Å². The van der Waals surface area contributed by atoms with E-state index < -0.39 is 40.3 Å². The fourth-order valence-electron chi connectivity index (χ4n) is 5.38. The van der Waals surface area contributed by atoms with Crippen LogP contribution in [0.2, 0.25) is 0 Å². The van der Waals surface area contributed by atoms with E-state index in [1.54, 1.807) is 0 Å². The number of nitrogens with zero attached hydrogens (tertiary/aromatic N) is 2. The Kier molecular flexibility index (Phi) is 10.2. The molecule has 1 aliphatic carbocycles. The van der Waals surface area contributed by atoms with Gasteiger partial charge in [-0.05, 0) is 49.1 Å². The summed E-state index contributed by atoms with van der Waals surface area (Å²) < 4.78 is 66.8. The molecule has 3 aromatic rings. The minimum Gasteiger partial charge on any atom is -0.352 e. The van der Waals surface area contributed by atoms with Crippen LogP contribution in [0.15, 0.2) is 78.9 Å². The van der Waals surface area contributed by atoms with E-state index in [9.17, 15) is 31.2 Å². The summed E-state index contributed by atoms with van der Waals surface area (Å²) in [6.45, 7) is 1.10. The molecular formula is C32H36F3N3O4S. The van der Waals surface area contributed by atoms with Gasteiger partial charge >= 0.3 is 6.18 Å². The molecule has 7 nitrogen and oxygen atoms in total. The van der Waals surface area contributed by atoms with Crippen LogP contribution in [-0.2, 0) is 38.8 Å². The average Bonchev–Trinajstić information content (AvgIpc) is 3.46. The quantitative estimate of drug-likeness (QED) is 0.310. The SMILES string of the molecule is Cc1cccc(CN(C(=O)CN(c2cccc(C(F)(F)F)c2)S(C)(=O)=O)C(Cc2ccccc2)C(=O)NC2CCCC2)c1. The van der Waals surface area contributed by atoms with Gasteiger partial charge in [0.2, 0.25) is 21.8 Å². The second kappa shape index (κ2) is 13.6. The van der Waals surface area contributed by atoms with Crippen molar-refractivity contribution in [2.45, 2.75) is 63.8 Å². The Bertz CT molecular complexity index is 1520. The predicted octanol–water partition coefficient (Wildman–Crippen LogP) is 5.48. The summed E-state index contributed by atoms with van der Waals surface area (Å²) in [5.74, 6) is -1.08. The van der Waals surface area contributed by atoms with Gasteiger partial charge in [-0.15, -0.1) is 0 Å². The Morgan fingerprint density at radius 3 is 2.21 bits per heavy atom. The standard InChI is InChI=1S/C32H36F3N3O4S/c1-23-10-8-13-25(18-23)21-37(29(19-24-11-4-3-5-12-24)31(40)36-27-15-6-7-16-27)30(39)22-38(43(2,41)42)28-17-9-14-26(20-28)32(33,34)35/h3-5,8-14,17-18,20,27,29H,6-7,15-16,19,21-22H2,1-2H3,(H,36,40). The van der Waals surface area contributed by atoms with Crippen molar-refractivity contribution < 1.29 is 31.2 Å². The molecule has 0 bridgehead atoms. The summed E-state index contributed by atoms with van der Waals surface area (Å²) in [6.07, 6.45) is -0.0836.